The maximum atomic E-state index is 6.81. The van der Waals surface area contributed by atoms with Crippen LogP contribution in [-0.4, -0.2) is 77.0 Å². The Morgan fingerprint density at radius 3 is 1.45 bits per heavy atom. The molecule has 0 unspecified atom stereocenters. The van der Waals surface area contributed by atoms with E-state index in [1.807, 2.05) is 11.9 Å². The minimum Gasteiger partial charge on any atom is -0.870 e. The predicted molar refractivity (Wildman–Crippen MR) is 44.1 cm³/mol. The second kappa shape index (κ2) is 16.7. The van der Waals surface area contributed by atoms with Crippen molar-refractivity contribution in [2.45, 2.75) is 0 Å². The van der Waals surface area contributed by atoms with Crippen molar-refractivity contribution < 1.29 is 21.2 Å². The summed E-state index contributed by atoms with van der Waals surface area (Å²) < 4.78 is 0. The van der Waals surface area contributed by atoms with Crippen LogP contribution in [-0.2, 0) is 0 Å². The molecule has 4 radical (unpaired) electrons. The number of likely N-dealkylation sites (N-methyl/N-ethyl adjacent to an activating group) is 1. The summed E-state index contributed by atoms with van der Waals surface area (Å²) in [7, 11) is 1.93. The molecule has 70 valence electrons. The van der Waals surface area contributed by atoms with Crippen molar-refractivity contribution in [3.63, 3.8) is 0 Å². The van der Waals surface area contributed by atoms with Crippen LogP contribution in [0.25, 0.3) is 0 Å². The Labute approximate surface area is 77.6 Å². The zero-order chi connectivity index (χ0) is 6.41. The van der Waals surface area contributed by atoms with Crippen LogP contribution in [0.1, 0.15) is 0 Å². The molecular weight excluding hydrogens is 211 g/mol. The van der Waals surface area contributed by atoms with Gasteiger partial charge in [0.1, 0.15) is 0 Å². The van der Waals surface area contributed by atoms with Gasteiger partial charge < -0.3 is 21.2 Å². The molecule has 0 saturated heterocycles. The van der Waals surface area contributed by atoms with Crippen LogP contribution in [0.3, 0.4) is 0 Å². The van der Waals surface area contributed by atoms with E-state index in [-0.39, 0.29) is 28.5 Å². The van der Waals surface area contributed by atoms with Crippen molar-refractivity contribution >= 4 is 17.6 Å². The van der Waals surface area contributed by atoms with E-state index in [0.29, 0.717) is 13.2 Å². The Hall–Kier alpha value is 0.343. The van der Waals surface area contributed by atoms with Gasteiger partial charge in [0.15, 0.2) is 13.2 Å². The Morgan fingerprint density at radius 1 is 1.00 bits per heavy atom. The number of hydrogen-bond acceptors (Lipinski definition) is 3. The fourth-order valence-corrected chi connectivity index (χ4v) is 0.494. The van der Waals surface area contributed by atoms with Crippen LogP contribution in [0.2, 0.25) is 0 Å². The molecule has 6 N–H and O–H groups in total. The molecule has 0 amide bonds. The normalized spacial score (nSPS) is 7.64. The van der Waals surface area contributed by atoms with Crippen molar-refractivity contribution in [3.8, 4) is 0 Å². The van der Waals surface area contributed by atoms with Gasteiger partial charge in [0, 0.05) is 17.6 Å². The first-order chi connectivity index (χ1) is 3.81. The molecule has 0 saturated carbocycles. The summed E-state index contributed by atoms with van der Waals surface area (Å²) in [5, 5.41) is 13.6. The van der Waals surface area contributed by atoms with Crippen molar-refractivity contribution in [2.24, 2.45) is 0 Å². The molecule has 5 nitrogen and oxygen atoms in total. The molecule has 0 bridgehead atoms. The van der Waals surface area contributed by atoms with E-state index in [0.717, 1.165) is 13.1 Å². The summed E-state index contributed by atoms with van der Waals surface area (Å²) >= 11 is 0. The third kappa shape index (κ3) is 17.9. The molecule has 0 aromatic heterocycles. The van der Waals surface area contributed by atoms with E-state index >= 15 is 0 Å². The average Bonchev–Trinajstić information content (AvgIpc) is 1.68. The summed E-state index contributed by atoms with van der Waals surface area (Å²) in [6.45, 7) is 2.46. The molecule has 0 aliphatic heterocycles. The zero-order valence-corrected chi connectivity index (χ0v) is 8.77. The first-order valence-electron chi connectivity index (χ1n) is 2.79. The Balaban J connectivity index is -0.0000000817. The molecule has 6 heteroatoms. The van der Waals surface area contributed by atoms with Crippen LogP contribution in [0.5, 0.6) is 0 Å². The van der Waals surface area contributed by atoms with Gasteiger partial charge in [-0.3, -0.25) is 4.90 Å². The summed E-state index contributed by atoms with van der Waals surface area (Å²) in [6.07, 6.45) is 0. The minimum atomic E-state index is 0. The number of nitrogens with zero attached hydrogens (tertiary/aromatic N) is 1. The van der Waals surface area contributed by atoms with Gasteiger partial charge in [0.25, 0.3) is 0 Å². The van der Waals surface area contributed by atoms with E-state index in [1.165, 1.54) is 0 Å². The molecule has 0 rings (SSSR count). The number of rotatable bonds is 4. The largest absolute Gasteiger partial charge is 0.870 e. The molecule has 0 aliphatic rings. The van der Waals surface area contributed by atoms with Crippen molar-refractivity contribution in [1.82, 2.24) is 4.90 Å². The van der Waals surface area contributed by atoms with Gasteiger partial charge in [0.2, 0.25) is 0 Å². The molecule has 0 atom stereocenters. The summed E-state index contributed by atoms with van der Waals surface area (Å²) in [5.74, 6) is 0. The Bertz CT molecular complexity index is 51.7. The third-order valence-electron chi connectivity index (χ3n) is 0.987. The smallest absolute Gasteiger partial charge is 0.156 e. The second-order valence-corrected chi connectivity index (χ2v) is 1.80. The number of hydrogen-bond donors (Lipinski definition) is 0. The Kier molecular flexibility index (Phi) is 34.3. The summed E-state index contributed by atoms with van der Waals surface area (Å²) in [6, 6.07) is 0. The third-order valence-corrected chi connectivity index (χ3v) is 0.987. The van der Waals surface area contributed by atoms with Crippen molar-refractivity contribution in [3.05, 3.63) is 0 Å². The average molecular weight is 228 g/mol. The minimum absolute atomic E-state index is 0. The standard InChI is InChI=1S/C5H13NO2.Ge.2H2O/c1-6(2-4-7)3-5-8;;;/h7-8H,2-5H2,1H3;;2*1H2. The first-order valence-corrected chi connectivity index (χ1v) is 2.79. The molecule has 0 aliphatic carbocycles. The van der Waals surface area contributed by atoms with Gasteiger partial charge in [-0.05, 0) is 7.05 Å². The quantitative estimate of drug-likeness (QED) is 0.396. The fraction of sp³-hybridized carbons (Fsp3) is 1.00. The monoisotopic (exact) mass is 229 g/mol. The first kappa shape index (κ1) is 22.5. The van der Waals surface area contributed by atoms with Crippen LogP contribution < -0.4 is 0 Å². The second-order valence-electron chi connectivity index (χ2n) is 1.80. The molecule has 0 aromatic carbocycles. The van der Waals surface area contributed by atoms with Crippen LogP contribution in [0.4, 0.5) is 0 Å². The maximum Gasteiger partial charge on any atom is 0.156 e. The molecule has 0 spiro atoms. The van der Waals surface area contributed by atoms with Crippen LogP contribution in [0.15, 0.2) is 0 Å². The predicted octanol–water partition coefficient (Wildman–Crippen LogP) is -2.37. The van der Waals surface area contributed by atoms with E-state index in [9.17, 15) is 0 Å². The van der Waals surface area contributed by atoms with Crippen molar-refractivity contribution in [1.29, 1.82) is 0 Å². The molecule has 0 heterocycles. The topological polar surface area (TPSA) is 109 Å². The zero-order valence-electron chi connectivity index (χ0n) is 6.67. The van der Waals surface area contributed by atoms with Gasteiger partial charge in [-0.1, -0.05) is 0 Å². The van der Waals surface area contributed by atoms with Gasteiger partial charge in [-0.2, -0.15) is 0 Å². The molecular formula is C5H17GeNO4. The van der Waals surface area contributed by atoms with Gasteiger partial charge in [-0.15, -0.1) is 0 Å². The Morgan fingerprint density at radius 2 is 1.27 bits per heavy atom. The van der Waals surface area contributed by atoms with Gasteiger partial charge in [0.05, 0.1) is 13.1 Å². The van der Waals surface area contributed by atoms with Gasteiger partial charge in [-0.25, -0.2) is 0 Å². The fourth-order valence-electron chi connectivity index (χ4n) is 0.494. The van der Waals surface area contributed by atoms with Crippen LogP contribution in [0, 0.1) is 0 Å². The van der Waals surface area contributed by atoms with Crippen molar-refractivity contribution in [2.75, 3.05) is 33.4 Å². The van der Waals surface area contributed by atoms with E-state index in [2.05, 4.69) is 0 Å². The molecule has 0 fully saturated rings. The molecule has 0 aromatic rings. The summed E-state index contributed by atoms with van der Waals surface area (Å²) in [5.41, 5.74) is 0. The van der Waals surface area contributed by atoms with E-state index < -0.39 is 0 Å². The summed E-state index contributed by atoms with van der Waals surface area (Å²) in [4.78, 5) is 1.99. The molecule has 11 heavy (non-hydrogen) atoms. The van der Waals surface area contributed by atoms with Gasteiger partial charge >= 0.3 is 0 Å². The van der Waals surface area contributed by atoms with E-state index in [1.54, 1.807) is 0 Å². The van der Waals surface area contributed by atoms with E-state index in [4.69, 9.17) is 10.2 Å². The maximum absolute atomic E-state index is 6.81. The van der Waals surface area contributed by atoms with Crippen LogP contribution >= 0.6 is 0 Å². The SMILES string of the molecule is CN(CC[OH2+])CC[OH2+].[Ge].[OH-].[OH-].